The van der Waals surface area contributed by atoms with E-state index in [0.29, 0.717) is 6.54 Å². The Bertz CT molecular complexity index is 896. The van der Waals surface area contributed by atoms with Crippen molar-refractivity contribution < 1.29 is 4.79 Å². The summed E-state index contributed by atoms with van der Waals surface area (Å²) in [5.74, 6) is 0.0960. The van der Waals surface area contributed by atoms with Crippen molar-refractivity contribution in [3.63, 3.8) is 0 Å². The number of carbonyl (C=O) groups excluding carboxylic acids is 1. The molecule has 1 aliphatic rings. The second kappa shape index (κ2) is 8.81. The molecule has 0 spiro atoms. The van der Waals surface area contributed by atoms with Crippen molar-refractivity contribution in [3.05, 3.63) is 46.5 Å². The molecule has 1 aliphatic heterocycles. The molecule has 1 saturated heterocycles. The number of piperazine rings is 1. The van der Waals surface area contributed by atoms with Crippen LogP contribution in [0.1, 0.15) is 31.9 Å². The SMILES string of the molecule is Cc1cc(C)cc(-n2ccn(CN3CCN(CC(=O)NC(C)(C)C)CC3)c2=S)c1. The number of rotatable bonds is 5. The molecule has 2 aromatic rings. The average Bonchev–Trinajstić information content (AvgIpc) is 2.95. The highest BCUT2D eigenvalue weighted by Gasteiger charge is 2.21. The maximum atomic E-state index is 12.1. The van der Waals surface area contributed by atoms with Gasteiger partial charge in [0.05, 0.1) is 13.2 Å². The molecule has 1 N–H and O–H groups in total. The summed E-state index contributed by atoms with van der Waals surface area (Å²) in [4.78, 5) is 16.8. The van der Waals surface area contributed by atoms with Gasteiger partial charge in [0, 0.05) is 49.8 Å². The van der Waals surface area contributed by atoms with Gasteiger partial charge >= 0.3 is 0 Å². The molecule has 2 heterocycles. The third kappa shape index (κ3) is 6.01. The molecule has 1 aromatic heterocycles. The summed E-state index contributed by atoms with van der Waals surface area (Å²) < 4.78 is 5.00. The Balaban J connectivity index is 1.57. The maximum Gasteiger partial charge on any atom is 0.234 e. The Labute approximate surface area is 179 Å². The monoisotopic (exact) mass is 415 g/mol. The maximum absolute atomic E-state index is 12.1. The van der Waals surface area contributed by atoms with Gasteiger partial charge in [-0.1, -0.05) is 6.07 Å². The number of benzene rings is 1. The van der Waals surface area contributed by atoms with Gasteiger partial charge in [0.25, 0.3) is 0 Å². The fourth-order valence-corrected chi connectivity index (χ4v) is 4.06. The minimum atomic E-state index is -0.182. The first kappa shape index (κ1) is 21.7. The number of aromatic nitrogens is 2. The first-order valence-electron chi connectivity index (χ1n) is 10.2. The molecule has 0 atom stereocenters. The molecular weight excluding hydrogens is 382 g/mol. The van der Waals surface area contributed by atoms with E-state index in [0.717, 1.165) is 43.3 Å². The van der Waals surface area contributed by atoms with E-state index in [1.54, 1.807) is 0 Å². The van der Waals surface area contributed by atoms with E-state index in [1.807, 2.05) is 27.0 Å². The zero-order valence-electron chi connectivity index (χ0n) is 18.2. The summed E-state index contributed by atoms with van der Waals surface area (Å²) in [6.45, 7) is 15.1. The lowest BCUT2D eigenvalue weighted by Crippen LogP contribution is -2.51. The van der Waals surface area contributed by atoms with Gasteiger partial charge in [0.2, 0.25) is 5.91 Å². The van der Waals surface area contributed by atoms with E-state index in [4.69, 9.17) is 12.2 Å². The van der Waals surface area contributed by atoms with Crippen molar-refractivity contribution >= 4 is 18.1 Å². The lowest BCUT2D eigenvalue weighted by atomic mass is 10.1. The molecule has 0 unspecified atom stereocenters. The number of hydrogen-bond donors (Lipinski definition) is 1. The molecule has 1 aromatic carbocycles. The van der Waals surface area contributed by atoms with Crippen LogP contribution in [-0.4, -0.2) is 63.1 Å². The number of imidazole rings is 1. The molecule has 158 valence electrons. The van der Waals surface area contributed by atoms with Crippen molar-refractivity contribution in [1.82, 2.24) is 24.3 Å². The minimum absolute atomic E-state index is 0.0960. The Morgan fingerprint density at radius 1 is 1.00 bits per heavy atom. The second-order valence-electron chi connectivity index (χ2n) is 9.10. The van der Waals surface area contributed by atoms with Crippen molar-refractivity contribution in [2.45, 2.75) is 46.8 Å². The average molecular weight is 416 g/mol. The largest absolute Gasteiger partial charge is 0.350 e. The Morgan fingerprint density at radius 3 is 2.17 bits per heavy atom. The van der Waals surface area contributed by atoms with Crippen molar-refractivity contribution in [2.24, 2.45) is 0 Å². The van der Waals surface area contributed by atoms with E-state index < -0.39 is 0 Å². The van der Waals surface area contributed by atoms with E-state index in [1.165, 1.54) is 11.1 Å². The van der Waals surface area contributed by atoms with Gasteiger partial charge in [-0.3, -0.25) is 19.2 Å². The van der Waals surface area contributed by atoms with Crippen LogP contribution in [0.5, 0.6) is 0 Å². The fraction of sp³-hybridized carbons (Fsp3) is 0.545. The van der Waals surface area contributed by atoms with Crippen LogP contribution in [0.2, 0.25) is 0 Å². The summed E-state index contributed by atoms with van der Waals surface area (Å²) in [5, 5.41) is 3.04. The normalized spacial score (nSPS) is 16.2. The third-order valence-electron chi connectivity index (χ3n) is 5.03. The summed E-state index contributed by atoms with van der Waals surface area (Å²) in [5.41, 5.74) is 3.40. The summed E-state index contributed by atoms with van der Waals surface area (Å²) in [6, 6.07) is 6.49. The van der Waals surface area contributed by atoms with Crippen LogP contribution in [0, 0.1) is 18.6 Å². The van der Waals surface area contributed by atoms with Crippen molar-refractivity contribution in [2.75, 3.05) is 32.7 Å². The zero-order valence-corrected chi connectivity index (χ0v) is 19.1. The zero-order chi connectivity index (χ0) is 21.2. The molecular formula is C22H33N5OS. The van der Waals surface area contributed by atoms with Gasteiger partial charge in [-0.15, -0.1) is 0 Å². The number of amides is 1. The Morgan fingerprint density at radius 2 is 1.59 bits per heavy atom. The van der Waals surface area contributed by atoms with Crippen LogP contribution in [0.3, 0.4) is 0 Å². The predicted octanol–water partition coefficient (Wildman–Crippen LogP) is 3.11. The second-order valence-corrected chi connectivity index (χ2v) is 9.47. The molecule has 0 radical (unpaired) electrons. The summed E-state index contributed by atoms with van der Waals surface area (Å²) >= 11 is 5.73. The number of aryl methyl sites for hydroxylation is 2. The van der Waals surface area contributed by atoms with Gasteiger partial charge in [-0.2, -0.15) is 0 Å². The van der Waals surface area contributed by atoms with Crippen LogP contribution in [0.4, 0.5) is 0 Å². The molecule has 0 bridgehead atoms. The summed E-state index contributed by atoms with van der Waals surface area (Å²) in [7, 11) is 0. The highest BCUT2D eigenvalue weighted by atomic mass is 32.1. The third-order valence-corrected chi connectivity index (χ3v) is 5.46. The molecule has 6 nitrogen and oxygen atoms in total. The number of carbonyl (C=O) groups is 1. The summed E-state index contributed by atoms with van der Waals surface area (Å²) in [6.07, 6.45) is 4.10. The molecule has 29 heavy (non-hydrogen) atoms. The van der Waals surface area contributed by atoms with Crippen LogP contribution >= 0.6 is 12.2 Å². The quantitative estimate of drug-likeness (QED) is 0.762. The number of nitrogens with one attached hydrogen (secondary N) is 1. The van der Waals surface area contributed by atoms with Gasteiger partial charge in [0.1, 0.15) is 0 Å². The molecule has 0 saturated carbocycles. The highest BCUT2D eigenvalue weighted by Crippen LogP contribution is 2.15. The van der Waals surface area contributed by atoms with Crippen LogP contribution in [0.15, 0.2) is 30.6 Å². The van der Waals surface area contributed by atoms with Crippen LogP contribution in [-0.2, 0) is 11.5 Å². The van der Waals surface area contributed by atoms with Gasteiger partial charge < -0.3 is 9.88 Å². The smallest absolute Gasteiger partial charge is 0.234 e. The van der Waals surface area contributed by atoms with E-state index in [9.17, 15) is 4.79 Å². The first-order chi connectivity index (χ1) is 13.6. The molecule has 0 aliphatic carbocycles. The molecule has 1 amide bonds. The van der Waals surface area contributed by atoms with Crippen LogP contribution in [0.25, 0.3) is 5.69 Å². The highest BCUT2D eigenvalue weighted by molar-refractivity contribution is 7.71. The van der Waals surface area contributed by atoms with Crippen LogP contribution < -0.4 is 5.32 Å². The number of hydrogen-bond acceptors (Lipinski definition) is 4. The molecule has 1 fully saturated rings. The first-order valence-corrected chi connectivity index (χ1v) is 10.6. The molecule has 3 rings (SSSR count). The van der Waals surface area contributed by atoms with Crippen molar-refractivity contribution in [1.29, 1.82) is 0 Å². The number of nitrogens with zero attached hydrogens (tertiary/aromatic N) is 4. The predicted molar refractivity (Wildman–Crippen MR) is 120 cm³/mol. The van der Waals surface area contributed by atoms with Gasteiger partial charge in [0.15, 0.2) is 4.77 Å². The van der Waals surface area contributed by atoms with Gasteiger partial charge in [-0.05, 0) is 70.1 Å². The minimum Gasteiger partial charge on any atom is -0.350 e. The van der Waals surface area contributed by atoms with Crippen molar-refractivity contribution in [3.8, 4) is 5.69 Å². The van der Waals surface area contributed by atoms with Gasteiger partial charge in [-0.25, -0.2) is 0 Å². The fourth-order valence-electron chi connectivity index (χ4n) is 3.77. The van der Waals surface area contributed by atoms with E-state index in [2.05, 4.69) is 62.5 Å². The topological polar surface area (TPSA) is 45.4 Å². The standard InChI is InChI=1S/C22H33N5OS/c1-17-12-18(2)14-19(13-17)27-11-10-26(21(27)29)16-25-8-6-24(7-9-25)15-20(28)23-22(3,4)5/h10-14H,6-9,15-16H2,1-5H3,(H,23,28). The van der Waals surface area contributed by atoms with E-state index >= 15 is 0 Å². The Kier molecular flexibility index (Phi) is 6.61. The Hall–Kier alpha value is -1.96. The van der Waals surface area contributed by atoms with E-state index in [-0.39, 0.29) is 11.4 Å². The lowest BCUT2D eigenvalue weighted by Gasteiger charge is -2.34. The lowest BCUT2D eigenvalue weighted by molar-refractivity contribution is -0.124. The molecule has 7 heteroatoms.